The van der Waals surface area contributed by atoms with Crippen LogP contribution in [0, 0.1) is 5.92 Å². The molecule has 0 spiro atoms. The van der Waals surface area contributed by atoms with Crippen molar-refractivity contribution in [2.75, 3.05) is 18.0 Å². The van der Waals surface area contributed by atoms with Gasteiger partial charge in [0.15, 0.2) is 0 Å². The van der Waals surface area contributed by atoms with Gasteiger partial charge < -0.3 is 10.0 Å². The van der Waals surface area contributed by atoms with Crippen molar-refractivity contribution in [1.29, 1.82) is 0 Å². The second kappa shape index (κ2) is 5.74. The summed E-state index contributed by atoms with van der Waals surface area (Å²) in [6.07, 6.45) is 3.69. The van der Waals surface area contributed by atoms with Crippen molar-refractivity contribution < 1.29 is 9.90 Å². The quantitative estimate of drug-likeness (QED) is 0.920. The molecule has 0 aromatic heterocycles. The van der Waals surface area contributed by atoms with Gasteiger partial charge in [-0.05, 0) is 37.0 Å². The zero-order valence-corrected chi connectivity index (χ0v) is 12.1. The number of halogens is 1. The summed E-state index contributed by atoms with van der Waals surface area (Å²) in [5, 5.41) is 9.07. The number of rotatable bonds is 4. The summed E-state index contributed by atoms with van der Waals surface area (Å²) in [4.78, 5) is 13.3. The predicted octanol–water partition coefficient (Wildman–Crippen LogP) is 3.77. The van der Waals surface area contributed by atoms with E-state index in [1.54, 1.807) is 12.1 Å². The van der Waals surface area contributed by atoms with E-state index in [-0.39, 0.29) is 0 Å². The van der Waals surface area contributed by atoms with E-state index in [0.717, 1.165) is 29.2 Å². The van der Waals surface area contributed by atoms with Gasteiger partial charge in [-0.25, -0.2) is 4.79 Å². The Kier molecular flexibility index (Phi) is 4.27. The minimum atomic E-state index is -0.873. The van der Waals surface area contributed by atoms with Gasteiger partial charge in [-0.2, -0.15) is 0 Å². The van der Waals surface area contributed by atoms with E-state index < -0.39 is 5.97 Å². The molecule has 1 N–H and O–H groups in total. The molecule has 1 aliphatic rings. The van der Waals surface area contributed by atoms with E-state index in [9.17, 15) is 4.79 Å². The smallest absolute Gasteiger partial charge is 0.335 e. The van der Waals surface area contributed by atoms with Gasteiger partial charge in [-0.3, -0.25) is 0 Å². The number of hydrogen-bond acceptors (Lipinski definition) is 2. The molecule has 3 nitrogen and oxygen atoms in total. The summed E-state index contributed by atoms with van der Waals surface area (Å²) in [6, 6.07) is 5.41. The summed E-state index contributed by atoms with van der Waals surface area (Å²) >= 11 is 3.38. The van der Waals surface area contributed by atoms with E-state index in [1.807, 2.05) is 6.07 Å². The van der Waals surface area contributed by atoms with Crippen molar-refractivity contribution in [3.63, 3.8) is 0 Å². The monoisotopic (exact) mass is 311 g/mol. The molecule has 0 bridgehead atoms. The Morgan fingerprint density at radius 1 is 1.50 bits per heavy atom. The van der Waals surface area contributed by atoms with Gasteiger partial charge in [0.2, 0.25) is 0 Å². The fraction of sp³-hybridized carbons (Fsp3) is 0.500. The minimum absolute atomic E-state index is 0.346. The first kappa shape index (κ1) is 13.4. The molecule has 1 aromatic rings. The number of carboxylic acids is 1. The van der Waals surface area contributed by atoms with E-state index in [0.29, 0.717) is 5.56 Å². The Morgan fingerprint density at radius 2 is 2.28 bits per heavy atom. The zero-order valence-electron chi connectivity index (χ0n) is 10.5. The van der Waals surface area contributed by atoms with Crippen LogP contribution in [-0.4, -0.2) is 24.2 Å². The Balaban J connectivity index is 2.16. The molecule has 18 heavy (non-hydrogen) atoms. The standard InChI is InChI=1S/C14H18BrNO2/c1-2-3-10-4-5-16(9-10)13-7-11(14(17)18)6-12(15)8-13/h6-8,10H,2-5,9H2,1H3,(H,17,18). The maximum Gasteiger partial charge on any atom is 0.335 e. The van der Waals surface area contributed by atoms with Crippen LogP contribution in [0.4, 0.5) is 5.69 Å². The first-order valence-corrected chi connectivity index (χ1v) is 7.18. The van der Waals surface area contributed by atoms with Gasteiger partial charge in [-0.15, -0.1) is 0 Å². The SMILES string of the molecule is CCCC1CCN(c2cc(Br)cc(C(=O)O)c2)C1. The summed E-state index contributed by atoms with van der Waals surface area (Å²) in [5.74, 6) is -0.121. The van der Waals surface area contributed by atoms with E-state index in [1.165, 1.54) is 19.3 Å². The number of anilines is 1. The zero-order chi connectivity index (χ0) is 13.1. The third kappa shape index (κ3) is 3.05. The van der Waals surface area contributed by atoms with Crippen LogP contribution in [0.1, 0.15) is 36.5 Å². The maximum absolute atomic E-state index is 11.0. The first-order valence-electron chi connectivity index (χ1n) is 6.39. The van der Waals surface area contributed by atoms with Crippen molar-refractivity contribution in [3.05, 3.63) is 28.2 Å². The molecule has 1 saturated heterocycles. The van der Waals surface area contributed by atoms with Crippen molar-refractivity contribution in [2.45, 2.75) is 26.2 Å². The van der Waals surface area contributed by atoms with Crippen LogP contribution in [0.3, 0.4) is 0 Å². The molecule has 0 saturated carbocycles. The molecule has 0 radical (unpaired) electrons. The average Bonchev–Trinajstić information content (AvgIpc) is 2.77. The fourth-order valence-corrected chi connectivity index (χ4v) is 3.07. The molecule has 1 fully saturated rings. The molecule has 1 atom stereocenters. The van der Waals surface area contributed by atoms with Crippen molar-refractivity contribution in [1.82, 2.24) is 0 Å². The van der Waals surface area contributed by atoms with Crippen molar-refractivity contribution in [2.24, 2.45) is 5.92 Å². The highest BCUT2D eigenvalue weighted by atomic mass is 79.9. The predicted molar refractivity (Wildman–Crippen MR) is 76.3 cm³/mol. The highest BCUT2D eigenvalue weighted by Gasteiger charge is 2.22. The molecule has 98 valence electrons. The first-order chi connectivity index (χ1) is 8.60. The third-order valence-electron chi connectivity index (χ3n) is 3.48. The second-order valence-corrected chi connectivity index (χ2v) is 5.81. The number of carboxylic acid groups (broad SMARTS) is 1. The second-order valence-electron chi connectivity index (χ2n) is 4.89. The molecule has 0 amide bonds. The molecule has 2 rings (SSSR count). The van der Waals surface area contributed by atoms with Gasteiger partial charge in [0.05, 0.1) is 5.56 Å². The molecule has 1 heterocycles. The van der Waals surface area contributed by atoms with Crippen LogP contribution in [-0.2, 0) is 0 Å². The number of hydrogen-bond donors (Lipinski definition) is 1. The average molecular weight is 312 g/mol. The lowest BCUT2D eigenvalue weighted by Gasteiger charge is -2.19. The fourth-order valence-electron chi connectivity index (χ4n) is 2.59. The van der Waals surface area contributed by atoms with Crippen LogP contribution in [0.15, 0.2) is 22.7 Å². The Bertz CT molecular complexity index is 447. The van der Waals surface area contributed by atoms with Gasteiger partial charge >= 0.3 is 5.97 Å². The highest BCUT2D eigenvalue weighted by Crippen LogP contribution is 2.29. The maximum atomic E-state index is 11.0. The van der Waals surface area contributed by atoms with Gasteiger partial charge in [0, 0.05) is 23.2 Å². The molecule has 1 aliphatic heterocycles. The number of benzene rings is 1. The molecule has 1 unspecified atom stereocenters. The lowest BCUT2D eigenvalue weighted by molar-refractivity contribution is 0.0697. The Morgan fingerprint density at radius 3 is 2.94 bits per heavy atom. The van der Waals surface area contributed by atoms with Crippen molar-refractivity contribution in [3.8, 4) is 0 Å². The van der Waals surface area contributed by atoms with Gasteiger partial charge in [0.25, 0.3) is 0 Å². The Hall–Kier alpha value is -1.03. The molecule has 4 heteroatoms. The van der Waals surface area contributed by atoms with Crippen LogP contribution < -0.4 is 4.90 Å². The topological polar surface area (TPSA) is 40.5 Å². The normalized spacial score (nSPS) is 19.2. The molecular weight excluding hydrogens is 294 g/mol. The lowest BCUT2D eigenvalue weighted by atomic mass is 10.0. The summed E-state index contributed by atoms with van der Waals surface area (Å²) in [6.45, 7) is 4.29. The van der Waals surface area contributed by atoms with Crippen LogP contribution >= 0.6 is 15.9 Å². The Labute approximate surface area is 116 Å². The highest BCUT2D eigenvalue weighted by molar-refractivity contribution is 9.10. The summed E-state index contributed by atoms with van der Waals surface area (Å²) in [7, 11) is 0. The molecule has 1 aromatic carbocycles. The number of nitrogens with zero attached hydrogens (tertiary/aromatic N) is 1. The molecular formula is C14H18BrNO2. The third-order valence-corrected chi connectivity index (χ3v) is 3.94. The van der Waals surface area contributed by atoms with E-state index >= 15 is 0 Å². The number of aromatic carboxylic acids is 1. The largest absolute Gasteiger partial charge is 0.478 e. The lowest BCUT2D eigenvalue weighted by Crippen LogP contribution is -2.20. The van der Waals surface area contributed by atoms with E-state index in [4.69, 9.17) is 5.11 Å². The van der Waals surface area contributed by atoms with Crippen molar-refractivity contribution >= 4 is 27.6 Å². The number of carbonyl (C=O) groups is 1. The van der Waals surface area contributed by atoms with Crippen LogP contribution in [0.5, 0.6) is 0 Å². The van der Waals surface area contributed by atoms with Gasteiger partial charge in [0.1, 0.15) is 0 Å². The van der Waals surface area contributed by atoms with Crippen LogP contribution in [0.2, 0.25) is 0 Å². The summed E-state index contributed by atoms with van der Waals surface area (Å²) < 4.78 is 0.830. The summed E-state index contributed by atoms with van der Waals surface area (Å²) in [5.41, 5.74) is 1.36. The van der Waals surface area contributed by atoms with Crippen LogP contribution in [0.25, 0.3) is 0 Å². The minimum Gasteiger partial charge on any atom is -0.478 e. The molecule has 0 aliphatic carbocycles. The van der Waals surface area contributed by atoms with Gasteiger partial charge in [-0.1, -0.05) is 29.3 Å². The van der Waals surface area contributed by atoms with E-state index in [2.05, 4.69) is 27.8 Å².